The molecule has 2 saturated heterocycles. The molecule has 6 heterocycles. The number of rotatable bonds is 13. The van der Waals surface area contributed by atoms with Gasteiger partial charge >= 0.3 is 17.9 Å². The fourth-order valence-corrected chi connectivity index (χ4v) is 10.5. The van der Waals surface area contributed by atoms with E-state index < -0.39 is 64.6 Å². The van der Waals surface area contributed by atoms with Gasteiger partial charge in [-0.15, -0.1) is 40.0 Å². The molecule has 19 nitrogen and oxygen atoms in total. The number of benzene rings is 1. The summed E-state index contributed by atoms with van der Waals surface area (Å²) < 4.78 is 6.35. The largest absolute Gasteiger partial charge is 0.477 e. The molecule has 2 aromatic heterocycles. The van der Waals surface area contributed by atoms with Gasteiger partial charge in [-0.2, -0.15) is 0 Å². The summed E-state index contributed by atoms with van der Waals surface area (Å²) in [6.45, 7) is 1.06. The van der Waals surface area contributed by atoms with Gasteiger partial charge in [0, 0.05) is 41.7 Å². The van der Waals surface area contributed by atoms with Crippen LogP contribution in [0.15, 0.2) is 75.5 Å². The Balaban J connectivity index is 0.000000196. The molecular weight excluding hydrogens is 825 g/mol. The predicted molar refractivity (Wildman–Crippen MR) is 205 cm³/mol. The maximum atomic E-state index is 12.7. The van der Waals surface area contributed by atoms with Crippen LogP contribution < -0.4 is 10.6 Å². The number of carboxylic acids is 2. The van der Waals surface area contributed by atoms with E-state index in [1.165, 1.54) is 63.1 Å². The zero-order valence-corrected chi connectivity index (χ0v) is 33.2. The van der Waals surface area contributed by atoms with E-state index in [4.69, 9.17) is 4.74 Å². The molecule has 0 radical (unpaired) electrons. The number of esters is 1. The minimum absolute atomic E-state index is 0.0783. The number of thiophene rings is 1. The minimum Gasteiger partial charge on any atom is -0.477 e. The number of aliphatic carboxylic acids is 2. The van der Waals surface area contributed by atoms with Gasteiger partial charge in [0.1, 0.15) is 40.8 Å². The number of ether oxygens (including phenoxy) is 1. The van der Waals surface area contributed by atoms with Crippen LogP contribution in [0.2, 0.25) is 0 Å². The van der Waals surface area contributed by atoms with Crippen molar-refractivity contribution >= 4 is 88.2 Å². The van der Waals surface area contributed by atoms with Gasteiger partial charge in [0.25, 0.3) is 17.7 Å². The number of aryl methyl sites for hydroxylation is 1. The van der Waals surface area contributed by atoms with Crippen LogP contribution in [-0.2, 0) is 51.8 Å². The Kier molecular flexibility index (Phi) is 13.0. The third-order valence-corrected chi connectivity index (χ3v) is 13.5. The number of aliphatic hydroxyl groups is 1. The first-order valence-electron chi connectivity index (χ1n) is 16.9. The molecule has 0 bridgehead atoms. The SMILES string of the molecule is CC(=O)OCC1=C(C(=O)O)N2C(=O)[C@@H](NC(=O)Cc3cccs3)[C@H]2SC1.Cn1nnnc1SCC1=C(C(=O)O)N2C(=O)[C@@H](NC(=O)[C@H](O)c3ccccc3)[C@H]2SC1. The van der Waals surface area contributed by atoms with Crippen LogP contribution in [0, 0.1) is 0 Å². The molecule has 300 valence electrons. The maximum Gasteiger partial charge on any atom is 0.352 e. The molecule has 5 atom stereocenters. The van der Waals surface area contributed by atoms with E-state index in [-0.39, 0.29) is 30.3 Å². The lowest BCUT2D eigenvalue weighted by atomic mass is 10.0. The Morgan fingerprint density at radius 3 is 2.09 bits per heavy atom. The molecular formula is C34H34N8O11S4. The van der Waals surface area contributed by atoms with Gasteiger partial charge in [-0.3, -0.25) is 33.8 Å². The van der Waals surface area contributed by atoms with Crippen molar-refractivity contribution in [2.24, 2.45) is 7.05 Å². The summed E-state index contributed by atoms with van der Waals surface area (Å²) in [5.41, 5.74) is 1.10. The van der Waals surface area contributed by atoms with Crippen LogP contribution in [0.1, 0.15) is 23.5 Å². The Labute approximate surface area is 340 Å². The molecule has 0 unspecified atom stereocenters. The van der Waals surface area contributed by atoms with E-state index in [0.29, 0.717) is 39.1 Å². The normalized spacial score (nSPS) is 21.5. The summed E-state index contributed by atoms with van der Waals surface area (Å²) in [7, 11) is 1.68. The van der Waals surface area contributed by atoms with Gasteiger partial charge in [0.2, 0.25) is 11.1 Å². The van der Waals surface area contributed by atoms with Crippen molar-refractivity contribution in [3.63, 3.8) is 0 Å². The number of β-lactam (4-membered cyclic amide) rings is 2. The Morgan fingerprint density at radius 1 is 0.912 bits per heavy atom. The number of amides is 4. The minimum atomic E-state index is -1.42. The molecule has 5 N–H and O–H groups in total. The van der Waals surface area contributed by atoms with Crippen molar-refractivity contribution in [2.75, 3.05) is 23.9 Å². The molecule has 0 spiro atoms. The van der Waals surface area contributed by atoms with E-state index in [9.17, 15) is 48.9 Å². The number of hydrogen-bond acceptors (Lipinski definition) is 16. The molecule has 0 aliphatic carbocycles. The zero-order chi connectivity index (χ0) is 41.0. The molecule has 23 heteroatoms. The van der Waals surface area contributed by atoms with Crippen LogP contribution in [-0.4, -0.2) is 134 Å². The quantitative estimate of drug-likeness (QED) is 0.0883. The maximum absolute atomic E-state index is 12.7. The highest BCUT2D eigenvalue weighted by molar-refractivity contribution is 8.01. The Morgan fingerprint density at radius 2 is 1.53 bits per heavy atom. The highest BCUT2D eigenvalue weighted by Crippen LogP contribution is 2.42. The predicted octanol–water partition coefficient (Wildman–Crippen LogP) is 0.367. The number of nitrogens with zero attached hydrogens (tertiary/aromatic N) is 6. The first-order chi connectivity index (χ1) is 27.3. The molecule has 7 rings (SSSR count). The second-order valence-electron chi connectivity index (χ2n) is 12.6. The van der Waals surface area contributed by atoms with Crippen molar-refractivity contribution in [3.05, 3.63) is 80.8 Å². The van der Waals surface area contributed by atoms with Gasteiger partial charge in [-0.05, 0) is 33.0 Å². The first kappa shape index (κ1) is 41.4. The van der Waals surface area contributed by atoms with Crippen molar-refractivity contribution in [1.82, 2.24) is 40.6 Å². The Hall–Kier alpha value is -5.23. The number of carbonyl (C=O) groups excluding carboxylic acids is 5. The lowest BCUT2D eigenvalue weighted by molar-refractivity contribution is -0.151. The fourth-order valence-electron chi connectivity index (χ4n) is 6.09. The van der Waals surface area contributed by atoms with E-state index in [1.807, 2.05) is 17.5 Å². The monoisotopic (exact) mass is 858 g/mol. The number of thioether (sulfide) groups is 3. The van der Waals surface area contributed by atoms with Gasteiger partial charge in [-0.25, -0.2) is 14.3 Å². The lowest BCUT2D eigenvalue weighted by Gasteiger charge is -2.49. The molecule has 2 fully saturated rings. The Bertz CT molecular complexity index is 2150. The molecule has 3 aromatic rings. The molecule has 4 aliphatic heterocycles. The lowest BCUT2D eigenvalue weighted by Crippen LogP contribution is -2.70. The number of fused-ring (bicyclic) bond motifs is 2. The van der Waals surface area contributed by atoms with Crippen molar-refractivity contribution in [2.45, 2.75) is 47.4 Å². The summed E-state index contributed by atoms with van der Waals surface area (Å²) in [5.74, 6) is -3.98. The molecule has 0 saturated carbocycles. The number of carboxylic acid groups (broad SMARTS) is 2. The zero-order valence-electron chi connectivity index (χ0n) is 30.0. The molecule has 1 aromatic carbocycles. The summed E-state index contributed by atoms with van der Waals surface area (Å²) >= 11 is 5.42. The van der Waals surface area contributed by atoms with Crippen molar-refractivity contribution < 1.29 is 53.6 Å². The smallest absolute Gasteiger partial charge is 0.352 e. The average molecular weight is 859 g/mol. The van der Waals surface area contributed by atoms with E-state index in [2.05, 4.69) is 26.2 Å². The van der Waals surface area contributed by atoms with Crippen LogP contribution in [0.5, 0.6) is 0 Å². The second-order valence-corrected chi connectivity index (χ2v) is 16.8. The number of aromatic nitrogens is 4. The number of aliphatic hydroxyl groups excluding tert-OH is 1. The number of carbonyl (C=O) groups is 7. The van der Waals surface area contributed by atoms with E-state index in [0.717, 1.165) is 9.78 Å². The van der Waals surface area contributed by atoms with Gasteiger partial charge in [0.15, 0.2) is 6.10 Å². The summed E-state index contributed by atoms with van der Waals surface area (Å²) in [5, 5.41) is 47.2. The summed E-state index contributed by atoms with van der Waals surface area (Å²) in [4.78, 5) is 87.4. The standard InChI is InChI=1S/C18H18N6O5S2.C16H16N2O6S2/c1-23-18(20-21-22-23)31-8-10-7-30-16-11(15(27)24(16)12(10)17(28)29)19-14(26)13(25)9-5-3-2-4-6-9;1-8(19)24-6-9-7-26-15-12(14(21)18(15)13(9)16(22)23)17-11(20)5-10-3-2-4-25-10/h2-6,11,13,16,25H,7-8H2,1H3,(H,19,26)(H,28,29);2-4,12,15H,5-7H2,1H3,(H,17,20)(H,22,23)/t11-,13-,16-;12-,15-/m11/s1. The number of hydrogen-bond donors (Lipinski definition) is 5. The third-order valence-electron chi connectivity index (χ3n) is 8.80. The topological polar surface area (TPSA) is 264 Å². The fraction of sp³-hybridized carbons (Fsp3) is 0.353. The van der Waals surface area contributed by atoms with Crippen LogP contribution in [0.4, 0.5) is 0 Å². The highest BCUT2D eigenvalue weighted by Gasteiger charge is 2.55. The van der Waals surface area contributed by atoms with E-state index >= 15 is 0 Å². The molecule has 4 aliphatic rings. The summed E-state index contributed by atoms with van der Waals surface area (Å²) in [6.07, 6.45) is -1.24. The highest BCUT2D eigenvalue weighted by atomic mass is 32.2. The van der Waals surface area contributed by atoms with Gasteiger partial charge in [-0.1, -0.05) is 48.2 Å². The second kappa shape index (κ2) is 17.9. The van der Waals surface area contributed by atoms with Gasteiger partial charge < -0.3 is 30.7 Å². The van der Waals surface area contributed by atoms with Crippen LogP contribution >= 0.6 is 46.6 Å². The molecule has 57 heavy (non-hydrogen) atoms. The van der Waals surface area contributed by atoms with Crippen molar-refractivity contribution in [1.29, 1.82) is 0 Å². The van der Waals surface area contributed by atoms with Crippen LogP contribution in [0.3, 0.4) is 0 Å². The summed E-state index contributed by atoms with van der Waals surface area (Å²) in [6, 6.07) is 10.4. The first-order valence-corrected chi connectivity index (χ1v) is 20.9. The number of tetrazole rings is 1. The van der Waals surface area contributed by atoms with Crippen LogP contribution in [0.25, 0.3) is 0 Å². The molecule has 4 amide bonds. The third kappa shape index (κ3) is 9.01. The average Bonchev–Trinajstić information content (AvgIpc) is 3.87. The van der Waals surface area contributed by atoms with Crippen molar-refractivity contribution in [3.8, 4) is 0 Å². The van der Waals surface area contributed by atoms with Gasteiger partial charge in [0.05, 0.1) is 6.42 Å². The number of nitrogens with one attached hydrogen (secondary N) is 2. The van der Waals surface area contributed by atoms with E-state index in [1.54, 1.807) is 37.4 Å².